The molecule has 2 rings (SSSR count). The summed E-state index contributed by atoms with van der Waals surface area (Å²) in [7, 11) is -0.643. The van der Waals surface area contributed by atoms with Crippen molar-refractivity contribution in [3.63, 3.8) is 0 Å². The van der Waals surface area contributed by atoms with E-state index in [4.69, 9.17) is 9.31 Å². The van der Waals surface area contributed by atoms with Crippen LogP contribution in [-0.2, 0) is 19.9 Å². The molecule has 7 heteroatoms. The van der Waals surface area contributed by atoms with Gasteiger partial charge in [0.25, 0.3) is 0 Å². The van der Waals surface area contributed by atoms with Crippen LogP contribution in [0.3, 0.4) is 0 Å². The van der Waals surface area contributed by atoms with Gasteiger partial charge in [0.2, 0.25) is 0 Å². The molecule has 128 valence electrons. The topological polar surface area (TPSA) is 47.9 Å². The van der Waals surface area contributed by atoms with Gasteiger partial charge < -0.3 is 14.4 Å². The molecule has 1 unspecified atom stereocenters. The minimum absolute atomic E-state index is 0.216. The van der Waals surface area contributed by atoms with E-state index in [9.17, 15) is 14.0 Å². The number of hydrogen-bond donors (Lipinski definition) is 1. The van der Waals surface area contributed by atoms with Gasteiger partial charge in [0.05, 0.1) is 11.2 Å². The van der Waals surface area contributed by atoms with E-state index < -0.39 is 37.2 Å². The van der Waals surface area contributed by atoms with Crippen LogP contribution < -0.4 is 5.46 Å². The number of halogens is 2. The Morgan fingerprint density at radius 2 is 1.78 bits per heavy atom. The zero-order valence-corrected chi connectivity index (χ0v) is 14.2. The smallest absolute Gasteiger partial charge is 0.399 e. The van der Waals surface area contributed by atoms with Crippen LogP contribution in [0.15, 0.2) is 18.2 Å². The van der Waals surface area contributed by atoms with Gasteiger partial charge in [0.1, 0.15) is 18.9 Å². The van der Waals surface area contributed by atoms with Gasteiger partial charge >= 0.3 is 7.12 Å². The first-order valence-electron chi connectivity index (χ1n) is 7.55. The van der Waals surface area contributed by atoms with Crippen molar-refractivity contribution in [3.8, 4) is 0 Å². The Hall–Kier alpha value is -1.02. The molecule has 0 bridgehead atoms. The highest BCUT2D eigenvalue weighted by Gasteiger charge is 2.52. The number of rotatable bonds is 5. The third-order valence-corrected chi connectivity index (χ3v) is 4.84. The molecule has 1 fully saturated rings. The molecule has 4 nitrogen and oxygen atoms in total. The average molecular weight is 328 g/mol. The number of hydrogen-bond acceptors (Lipinski definition) is 4. The SMILES string of the molecule is Cc1ccc(C(O)(CF)COF)cc1B1OC(C)(C)C(C)(C)O1. The van der Waals surface area contributed by atoms with E-state index >= 15 is 0 Å². The van der Waals surface area contributed by atoms with Crippen LogP contribution in [0.25, 0.3) is 0 Å². The van der Waals surface area contributed by atoms with Gasteiger partial charge in [-0.3, -0.25) is 0 Å². The summed E-state index contributed by atoms with van der Waals surface area (Å²) in [5.41, 5.74) is -1.31. The minimum Gasteiger partial charge on any atom is -0.399 e. The lowest BCUT2D eigenvalue weighted by Crippen LogP contribution is -2.41. The predicted octanol–water partition coefficient (Wildman–Crippen LogP) is 2.35. The molecule has 0 amide bonds. The van der Waals surface area contributed by atoms with Crippen LogP contribution in [-0.4, -0.2) is 36.7 Å². The monoisotopic (exact) mass is 328 g/mol. The first kappa shape index (κ1) is 18.3. The van der Waals surface area contributed by atoms with Gasteiger partial charge in [-0.15, -0.1) is 0 Å². The molecular formula is C16H23BF2O4. The molecular weight excluding hydrogens is 305 g/mol. The van der Waals surface area contributed by atoms with E-state index in [0.717, 1.165) is 5.56 Å². The summed E-state index contributed by atoms with van der Waals surface area (Å²) in [6.07, 6.45) is 0. The summed E-state index contributed by atoms with van der Waals surface area (Å²) in [4.78, 5) is 3.46. The molecule has 1 aliphatic heterocycles. The second-order valence-electron chi connectivity index (χ2n) is 7.08. The fourth-order valence-electron chi connectivity index (χ4n) is 2.44. The van der Waals surface area contributed by atoms with Crippen LogP contribution in [0.4, 0.5) is 8.92 Å². The Morgan fingerprint density at radius 1 is 1.22 bits per heavy atom. The minimum atomic E-state index is -2.04. The molecule has 23 heavy (non-hydrogen) atoms. The Bertz CT molecular complexity index is 563. The summed E-state index contributed by atoms with van der Waals surface area (Å²) in [6.45, 7) is 7.65. The van der Waals surface area contributed by atoms with Crippen LogP contribution >= 0.6 is 0 Å². The van der Waals surface area contributed by atoms with Crippen molar-refractivity contribution in [1.29, 1.82) is 0 Å². The highest BCUT2D eigenvalue weighted by Crippen LogP contribution is 2.37. The molecule has 1 aromatic rings. The van der Waals surface area contributed by atoms with Gasteiger partial charge in [-0.2, -0.15) is 4.94 Å². The molecule has 0 radical (unpaired) electrons. The Morgan fingerprint density at radius 3 is 2.26 bits per heavy atom. The molecule has 1 atom stereocenters. The van der Waals surface area contributed by atoms with Gasteiger partial charge in [-0.1, -0.05) is 23.8 Å². The van der Waals surface area contributed by atoms with Crippen molar-refractivity contribution >= 4 is 12.6 Å². The highest BCUT2D eigenvalue weighted by molar-refractivity contribution is 6.62. The number of aryl methyl sites for hydroxylation is 1. The zero-order valence-electron chi connectivity index (χ0n) is 14.2. The third kappa shape index (κ3) is 3.28. The molecule has 0 aliphatic carbocycles. The largest absolute Gasteiger partial charge is 0.495 e. The quantitative estimate of drug-likeness (QED) is 0.843. The van der Waals surface area contributed by atoms with Crippen LogP contribution in [0.2, 0.25) is 0 Å². The lowest BCUT2D eigenvalue weighted by atomic mass is 9.74. The summed E-state index contributed by atoms with van der Waals surface area (Å²) in [6, 6.07) is 4.84. The number of benzene rings is 1. The van der Waals surface area contributed by atoms with Crippen LogP contribution in [0, 0.1) is 6.92 Å². The Labute approximate surface area is 135 Å². The van der Waals surface area contributed by atoms with Gasteiger partial charge in [-0.05, 0) is 50.2 Å². The van der Waals surface area contributed by atoms with Gasteiger partial charge in [0.15, 0.2) is 0 Å². The van der Waals surface area contributed by atoms with Gasteiger partial charge in [0, 0.05) is 0 Å². The maximum atomic E-state index is 13.2. The fourth-order valence-corrected chi connectivity index (χ4v) is 2.44. The zero-order chi connectivity index (χ0) is 17.5. The highest BCUT2D eigenvalue weighted by atomic mass is 19.3. The number of aliphatic hydroxyl groups is 1. The average Bonchev–Trinajstić information content (AvgIpc) is 2.67. The van der Waals surface area contributed by atoms with E-state index in [2.05, 4.69) is 4.94 Å². The molecule has 0 aromatic heterocycles. The molecule has 1 saturated heterocycles. The maximum absolute atomic E-state index is 13.2. The van der Waals surface area contributed by atoms with Gasteiger partial charge in [-0.25, -0.2) is 4.39 Å². The van der Waals surface area contributed by atoms with E-state index in [1.807, 2.05) is 34.6 Å². The second-order valence-corrected chi connectivity index (χ2v) is 7.08. The number of alkyl halides is 1. The fraction of sp³-hybridized carbons (Fsp3) is 0.625. The normalized spacial score (nSPS) is 22.2. The van der Waals surface area contributed by atoms with Crippen LogP contribution in [0.1, 0.15) is 38.8 Å². The van der Waals surface area contributed by atoms with E-state index in [-0.39, 0.29) is 5.56 Å². The van der Waals surface area contributed by atoms with E-state index in [0.29, 0.717) is 5.46 Å². The molecule has 1 aromatic carbocycles. The summed E-state index contributed by atoms with van der Waals surface area (Å²) in [5, 5.41) is 10.2. The summed E-state index contributed by atoms with van der Waals surface area (Å²) >= 11 is 0. The van der Waals surface area contributed by atoms with Crippen molar-refractivity contribution in [3.05, 3.63) is 29.3 Å². The molecule has 1 heterocycles. The van der Waals surface area contributed by atoms with E-state index in [1.165, 1.54) is 0 Å². The predicted molar refractivity (Wildman–Crippen MR) is 83.8 cm³/mol. The summed E-state index contributed by atoms with van der Waals surface area (Å²) < 4.78 is 37.4. The van der Waals surface area contributed by atoms with Crippen molar-refractivity contribution in [2.24, 2.45) is 0 Å². The lowest BCUT2D eigenvalue weighted by molar-refractivity contribution is -0.192. The molecule has 1 N–H and O–H groups in total. The second kappa shape index (κ2) is 6.13. The molecule has 0 spiro atoms. The van der Waals surface area contributed by atoms with Crippen molar-refractivity contribution in [2.45, 2.75) is 51.4 Å². The van der Waals surface area contributed by atoms with Crippen molar-refractivity contribution in [1.82, 2.24) is 0 Å². The lowest BCUT2D eigenvalue weighted by Gasteiger charge is -2.32. The standard InChI is InChI=1S/C16H23BF2O4/c1-11-6-7-12(16(20,9-18)10-21-19)8-13(11)17-22-14(2,3)15(4,5)23-17/h6-8,20H,9-10H2,1-5H3. The first-order chi connectivity index (χ1) is 10.6. The van der Waals surface area contributed by atoms with Crippen molar-refractivity contribution < 1.29 is 28.3 Å². The van der Waals surface area contributed by atoms with E-state index in [1.54, 1.807) is 18.2 Å². The van der Waals surface area contributed by atoms with Crippen LogP contribution in [0.5, 0.6) is 0 Å². The Kier molecular flexibility index (Phi) is 4.88. The summed E-state index contributed by atoms with van der Waals surface area (Å²) in [5.74, 6) is 0. The third-order valence-electron chi connectivity index (χ3n) is 4.84. The maximum Gasteiger partial charge on any atom is 0.495 e. The van der Waals surface area contributed by atoms with Crippen molar-refractivity contribution in [2.75, 3.05) is 13.3 Å². The molecule has 0 saturated carbocycles. The Balaban J connectivity index is 2.40. The molecule has 1 aliphatic rings. The first-order valence-corrected chi connectivity index (χ1v) is 7.55.